The molecule has 1 aliphatic carbocycles. The van der Waals surface area contributed by atoms with Crippen LogP contribution in [-0.4, -0.2) is 147 Å². The van der Waals surface area contributed by atoms with Crippen LogP contribution >= 0.6 is 11.3 Å². The van der Waals surface area contributed by atoms with E-state index in [1.165, 1.54) is 38.8 Å². The predicted molar refractivity (Wildman–Crippen MR) is 309 cm³/mol. The number of piperidine rings is 3. The molecule has 0 radical (unpaired) electrons. The van der Waals surface area contributed by atoms with Gasteiger partial charge in [-0.25, -0.2) is 4.98 Å². The molecule has 5 unspecified atom stereocenters. The molecule has 424 valence electrons. The molecule has 5 atom stereocenters. The van der Waals surface area contributed by atoms with E-state index < -0.39 is 12.0 Å². The Morgan fingerprint density at radius 1 is 0.861 bits per heavy atom. The van der Waals surface area contributed by atoms with Crippen LogP contribution in [0.15, 0.2) is 82.2 Å². The molecule has 2 bridgehead atoms. The quantitative estimate of drug-likeness (QED) is 0.0736. The molecule has 7 fully saturated rings. The van der Waals surface area contributed by atoms with E-state index in [1.54, 1.807) is 40.5 Å². The number of phenolic OH excluding ortho intramolecular Hbond substituents is 1. The number of amides is 3. The standard InChI is InChI=1S/C61H84N12O5S/c1-38(2)55(60(77)72-23-7-9-50(72)58(75)66-39(3)42-11-13-43(14-12-42)56-40(4)65-37-79-56)53-31-54(67-78-53)70-24-17-41(18-25-70)34-68-28-21-61(22-29-68)32-47(33-61)69-26-19-44(20-27-69)59(76)73-45-15-16-46(73)36-71(35-45)51(57(63)64)30-49(62)48-8-5-6-10-52(48)74/h5-6,8,10-14,30-31,37-39,41,44-47,50,55,74H,7,9,15-29,32-36,62-64H2,1-4H3,(H,66,75)/b49-30-. The Balaban J connectivity index is 0.596. The van der Waals surface area contributed by atoms with Crippen molar-refractivity contribution in [2.75, 3.05) is 70.3 Å². The van der Waals surface area contributed by atoms with Crippen molar-refractivity contribution in [3.63, 3.8) is 0 Å². The molecular formula is C61H84N12O5S. The highest BCUT2D eigenvalue weighted by Gasteiger charge is 2.50. The Morgan fingerprint density at radius 3 is 2.20 bits per heavy atom. The van der Waals surface area contributed by atoms with E-state index in [-0.39, 0.29) is 53.3 Å². The van der Waals surface area contributed by atoms with Crippen LogP contribution in [0.2, 0.25) is 0 Å². The Labute approximate surface area is 470 Å². The van der Waals surface area contributed by atoms with Gasteiger partial charge >= 0.3 is 0 Å². The average Bonchev–Trinajstić information content (AvgIpc) is 4.29. The van der Waals surface area contributed by atoms with Crippen molar-refractivity contribution in [3.05, 3.63) is 100 Å². The molecule has 1 spiro atoms. The number of thiazole rings is 1. The Hall–Kier alpha value is -6.11. The number of aromatic nitrogens is 2. The Bertz CT molecular complexity index is 2850. The molecule has 6 aliphatic heterocycles. The van der Waals surface area contributed by atoms with Gasteiger partial charge in [-0.1, -0.05) is 55.4 Å². The summed E-state index contributed by atoms with van der Waals surface area (Å²) in [5.74, 6) is 1.95. The summed E-state index contributed by atoms with van der Waals surface area (Å²) >= 11 is 1.63. The monoisotopic (exact) mass is 1100 g/mol. The van der Waals surface area contributed by atoms with Crippen molar-refractivity contribution < 1.29 is 24.0 Å². The van der Waals surface area contributed by atoms with Crippen LogP contribution in [0.4, 0.5) is 5.82 Å². The number of carbonyl (C=O) groups is 3. The second-order valence-electron chi connectivity index (χ2n) is 24.7. The molecule has 4 aromatic rings. The van der Waals surface area contributed by atoms with Crippen molar-refractivity contribution >= 4 is 40.6 Å². The number of aryl methyl sites for hydroxylation is 1. The van der Waals surface area contributed by atoms with Crippen LogP contribution in [0.25, 0.3) is 16.1 Å². The Morgan fingerprint density at radius 2 is 1.56 bits per heavy atom. The first kappa shape index (κ1) is 54.8. The summed E-state index contributed by atoms with van der Waals surface area (Å²) in [7, 11) is 0. The number of hydrogen-bond donors (Lipinski definition) is 5. The normalized spacial score (nSPS) is 24.3. The van der Waals surface area contributed by atoms with E-state index in [1.807, 2.05) is 45.3 Å². The second kappa shape index (κ2) is 23.2. The molecule has 8 heterocycles. The van der Waals surface area contributed by atoms with Gasteiger partial charge in [0, 0.05) is 80.6 Å². The number of nitrogens with one attached hydrogen (secondary N) is 1. The van der Waals surface area contributed by atoms with Gasteiger partial charge in [0.2, 0.25) is 17.7 Å². The molecule has 6 saturated heterocycles. The number of nitrogens with two attached hydrogens (primary N) is 3. The number of piperazine rings is 1. The van der Waals surface area contributed by atoms with Gasteiger partial charge in [0.05, 0.1) is 27.8 Å². The molecular weight excluding hydrogens is 1010 g/mol. The first-order chi connectivity index (χ1) is 38.1. The molecule has 11 rings (SSSR count). The third-order valence-corrected chi connectivity index (χ3v) is 20.3. The van der Waals surface area contributed by atoms with E-state index >= 15 is 0 Å². The maximum Gasteiger partial charge on any atom is 0.243 e. The van der Waals surface area contributed by atoms with Gasteiger partial charge < -0.3 is 61.5 Å². The third-order valence-electron chi connectivity index (χ3n) is 19.4. The van der Waals surface area contributed by atoms with Gasteiger partial charge in [-0.2, -0.15) is 0 Å². The number of anilines is 1. The lowest BCUT2D eigenvalue weighted by molar-refractivity contribution is -0.143. The minimum Gasteiger partial charge on any atom is -0.507 e. The van der Waals surface area contributed by atoms with Crippen molar-refractivity contribution in [3.8, 4) is 16.2 Å². The zero-order chi connectivity index (χ0) is 55.1. The average molecular weight is 1100 g/mol. The maximum absolute atomic E-state index is 14.4. The number of hydrogen-bond acceptors (Lipinski definition) is 15. The van der Waals surface area contributed by atoms with Crippen molar-refractivity contribution in [1.29, 1.82) is 0 Å². The van der Waals surface area contributed by atoms with Crippen LogP contribution in [-0.2, 0) is 14.4 Å². The summed E-state index contributed by atoms with van der Waals surface area (Å²) in [6.07, 6.45) is 14.3. The van der Waals surface area contributed by atoms with Crippen LogP contribution in [0.3, 0.4) is 0 Å². The number of likely N-dealkylation sites (tertiary alicyclic amines) is 4. The molecule has 3 amide bonds. The van der Waals surface area contributed by atoms with E-state index in [4.69, 9.17) is 21.7 Å². The van der Waals surface area contributed by atoms with Crippen LogP contribution in [0, 0.1) is 30.1 Å². The highest BCUT2D eigenvalue weighted by Crippen LogP contribution is 2.52. The van der Waals surface area contributed by atoms with Crippen molar-refractivity contribution in [2.45, 2.75) is 141 Å². The lowest BCUT2D eigenvalue weighted by Crippen LogP contribution is -2.59. The summed E-state index contributed by atoms with van der Waals surface area (Å²) in [6.45, 7) is 17.3. The third kappa shape index (κ3) is 11.5. The highest BCUT2D eigenvalue weighted by molar-refractivity contribution is 7.13. The molecule has 7 aliphatic rings. The molecule has 8 N–H and O–H groups in total. The topological polar surface area (TPSA) is 220 Å². The van der Waals surface area contributed by atoms with Crippen LogP contribution < -0.4 is 27.4 Å². The fourth-order valence-corrected chi connectivity index (χ4v) is 15.5. The first-order valence-corrected chi connectivity index (χ1v) is 30.4. The molecule has 79 heavy (non-hydrogen) atoms. The van der Waals surface area contributed by atoms with Gasteiger partial charge in [0.1, 0.15) is 23.5 Å². The number of phenols is 1. The number of para-hydroxylation sites is 1. The zero-order valence-electron chi connectivity index (χ0n) is 46.9. The fraction of sp³-hybridized carbons (Fsp3) is 0.590. The van der Waals surface area contributed by atoms with E-state index in [0.717, 1.165) is 105 Å². The number of rotatable bonds is 15. The summed E-state index contributed by atoms with van der Waals surface area (Å²) in [6, 6.07) is 17.4. The number of nitrogens with zero attached hydrogens (tertiary/aromatic N) is 8. The maximum atomic E-state index is 14.4. The van der Waals surface area contributed by atoms with E-state index in [9.17, 15) is 19.5 Å². The minimum absolute atomic E-state index is 0.0342. The highest BCUT2D eigenvalue weighted by atomic mass is 32.1. The summed E-state index contributed by atoms with van der Waals surface area (Å²) < 4.78 is 6.01. The van der Waals surface area contributed by atoms with Gasteiger partial charge in [-0.15, -0.1) is 11.3 Å². The number of aromatic hydroxyl groups is 1. The smallest absolute Gasteiger partial charge is 0.243 e. The molecule has 2 aromatic carbocycles. The molecule has 18 heteroatoms. The Kier molecular flexibility index (Phi) is 16.1. The van der Waals surface area contributed by atoms with Crippen LogP contribution in [0.5, 0.6) is 5.75 Å². The lowest BCUT2D eigenvalue weighted by Gasteiger charge is -2.56. The molecule has 1 saturated carbocycles. The number of benzene rings is 2. The number of carbonyl (C=O) groups excluding carboxylic acids is 3. The number of allylic oxidation sites excluding steroid dienone is 1. The molecule has 17 nitrogen and oxygen atoms in total. The first-order valence-electron chi connectivity index (χ1n) is 29.5. The largest absolute Gasteiger partial charge is 0.507 e. The van der Waals surface area contributed by atoms with Gasteiger partial charge in [0.15, 0.2) is 11.6 Å². The van der Waals surface area contributed by atoms with Gasteiger partial charge in [-0.3, -0.25) is 14.4 Å². The van der Waals surface area contributed by atoms with Crippen LogP contribution in [0.1, 0.15) is 132 Å². The van der Waals surface area contributed by atoms with E-state index in [2.05, 4.69) is 64.2 Å². The number of fused-ring (bicyclic) bond motifs is 2. The zero-order valence-corrected chi connectivity index (χ0v) is 47.7. The fourth-order valence-electron chi connectivity index (χ4n) is 14.7. The molecule has 2 aromatic heterocycles. The predicted octanol–water partition coefficient (Wildman–Crippen LogP) is 7.35. The van der Waals surface area contributed by atoms with E-state index in [0.29, 0.717) is 72.1 Å². The van der Waals surface area contributed by atoms with Gasteiger partial charge in [-0.05, 0) is 164 Å². The van der Waals surface area contributed by atoms with Crippen molar-refractivity contribution in [2.24, 2.45) is 40.4 Å². The van der Waals surface area contributed by atoms with Gasteiger partial charge in [0.25, 0.3) is 0 Å². The summed E-state index contributed by atoms with van der Waals surface area (Å²) in [4.78, 5) is 61.8. The summed E-state index contributed by atoms with van der Waals surface area (Å²) in [5.41, 5.74) is 25.9. The minimum atomic E-state index is -0.525. The lowest BCUT2D eigenvalue weighted by atomic mass is 9.59. The SMILES string of the molecule is Cc1ncsc1-c1ccc(C(C)NC(=O)C2CCCN2C(=O)C(c2cc(N3CCC(CN4CCC5(CC4)CC(N4CCC(C(=O)N6C7CCC6CN(C(/C=C(\N)c6ccccc6O)=C(N)N)C7)CC4)C5)CC3)no2)C(C)C)cc1. The summed E-state index contributed by atoms with van der Waals surface area (Å²) in [5, 5.41) is 18.1. The second-order valence-corrected chi connectivity index (χ2v) is 25.6. The van der Waals surface area contributed by atoms with Crippen molar-refractivity contribution in [1.82, 2.24) is 40.0 Å².